The second kappa shape index (κ2) is 5.25. The predicted molar refractivity (Wildman–Crippen MR) is 79.1 cm³/mol. The number of nitrogens with two attached hydrogens (primary N) is 1. The van der Waals surface area contributed by atoms with E-state index in [1.54, 1.807) is 0 Å². The number of thioether (sulfide) groups is 1. The largest absolute Gasteiger partial charge is 0.490 e. The van der Waals surface area contributed by atoms with Gasteiger partial charge >= 0.3 is 0 Å². The maximum atomic E-state index is 6.49. The molecule has 0 aromatic heterocycles. The molecule has 2 aliphatic rings. The molecular weight excluding hydrogens is 258 g/mol. The fourth-order valence-corrected chi connectivity index (χ4v) is 4.13. The van der Waals surface area contributed by atoms with E-state index in [0.29, 0.717) is 0 Å². The Balaban J connectivity index is 1.87. The van der Waals surface area contributed by atoms with Gasteiger partial charge < -0.3 is 15.2 Å². The fourth-order valence-electron chi connectivity index (χ4n) is 2.77. The van der Waals surface area contributed by atoms with Gasteiger partial charge in [0.2, 0.25) is 0 Å². The number of hydrogen-bond donors (Lipinski definition) is 1. The number of fused-ring (bicyclic) bond motifs is 1. The normalized spacial score (nSPS) is 27.9. The molecule has 3 nitrogen and oxygen atoms in total. The summed E-state index contributed by atoms with van der Waals surface area (Å²) in [5.74, 6) is 2.91. The summed E-state index contributed by atoms with van der Waals surface area (Å²) in [7, 11) is 0. The highest BCUT2D eigenvalue weighted by Crippen LogP contribution is 2.46. The lowest BCUT2D eigenvalue weighted by molar-refractivity contribution is 0.297. The van der Waals surface area contributed by atoms with Crippen LogP contribution in [0.25, 0.3) is 0 Å². The SMILES string of the molecule is CC1(C(N)c2ccc3c(c2)OCCCO3)CCCS1. The summed E-state index contributed by atoms with van der Waals surface area (Å²) >= 11 is 1.99. The zero-order valence-corrected chi connectivity index (χ0v) is 12.2. The number of ether oxygens (including phenoxy) is 2. The number of rotatable bonds is 2. The van der Waals surface area contributed by atoms with Crippen molar-refractivity contribution in [2.24, 2.45) is 5.73 Å². The van der Waals surface area contributed by atoms with Crippen molar-refractivity contribution >= 4 is 11.8 Å². The van der Waals surface area contributed by atoms with E-state index in [4.69, 9.17) is 15.2 Å². The van der Waals surface area contributed by atoms with E-state index in [0.717, 1.165) is 36.7 Å². The van der Waals surface area contributed by atoms with E-state index >= 15 is 0 Å². The highest BCUT2D eigenvalue weighted by Gasteiger charge is 2.36. The molecule has 2 aliphatic heterocycles. The van der Waals surface area contributed by atoms with Crippen LogP contribution in [0.2, 0.25) is 0 Å². The van der Waals surface area contributed by atoms with Crippen molar-refractivity contribution in [2.75, 3.05) is 19.0 Å². The molecule has 2 N–H and O–H groups in total. The van der Waals surface area contributed by atoms with Gasteiger partial charge in [0.05, 0.1) is 13.2 Å². The Hall–Kier alpha value is -0.870. The first-order chi connectivity index (χ1) is 9.19. The minimum Gasteiger partial charge on any atom is -0.490 e. The Bertz CT molecular complexity index is 457. The Kier molecular flexibility index (Phi) is 3.63. The van der Waals surface area contributed by atoms with Crippen LogP contribution < -0.4 is 15.2 Å². The summed E-state index contributed by atoms with van der Waals surface area (Å²) in [6, 6.07) is 6.20. The molecule has 3 rings (SSSR count). The van der Waals surface area contributed by atoms with Crippen LogP contribution in [0.15, 0.2) is 18.2 Å². The molecule has 0 spiro atoms. The minimum absolute atomic E-state index is 0.0529. The van der Waals surface area contributed by atoms with Gasteiger partial charge in [0.25, 0.3) is 0 Å². The monoisotopic (exact) mass is 279 g/mol. The van der Waals surface area contributed by atoms with Gasteiger partial charge in [0.1, 0.15) is 0 Å². The lowest BCUT2D eigenvalue weighted by atomic mass is 9.91. The second-order valence-corrected chi connectivity index (χ2v) is 7.13. The van der Waals surface area contributed by atoms with Gasteiger partial charge in [-0.2, -0.15) is 11.8 Å². The average molecular weight is 279 g/mol. The van der Waals surface area contributed by atoms with Crippen molar-refractivity contribution in [3.05, 3.63) is 23.8 Å². The Morgan fingerprint density at radius 1 is 1.21 bits per heavy atom. The molecule has 1 aromatic rings. The van der Waals surface area contributed by atoms with Gasteiger partial charge in [0, 0.05) is 17.2 Å². The molecule has 19 heavy (non-hydrogen) atoms. The van der Waals surface area contributed by atoms with Crippen molar-refractivity contribution in [3.63, 3.8) is 0 Å². The first kappa shape index (κ1) is 13.1. The van der Waals surface area contributed by atoms with E-state index in [2.05, 4.69) is 19.1 Å². The van der Waals surface area contributed by atoms with E-state index in [1.165, 1.54) is 18.6 Å². The van der Waals surface area contributed by atoms with E-state index < -0.39 is 0 Å². The van der Waals surface area contributed by atoms with Crippen LogP contribution in [-0.2, 0) is 0 Å². The summed E-state index contributed by atoms with van der Waals surface area (Å²) in [5, 5.41) is 0. The third-order valence-corrected chi connectivity index (χ3v) is 5.65. The fraction of sp³-hybridized carbons (Fsp3) is 0.600. The van der Waals surface area contributed by atoms with Crippen molar-refractivity contribution in [3.8, 4) is 11.5 Å². The first-order valence-corrected chi connectivity index (χ1v) is 7.97. The molecule has 0 radical (unpaired) electrons. The van der Waals surface area contributed by atoms with Crippen molar-refractivity contribution in [2.45, 2.75) is 37.0 Å². The number of benzene rings is 1. The summed E-state index contributed by atoms with van der Waals surface area (Å²) in [4.78, 5) is 0. The van der Waals surface area contributed by atoms with E-state index in [-0.39, 0.29) is 10.8 Å². The maximum absolute atomic E-state index is 6.49. The summed E-state index contributed by atoms with van der Waals surface area (Å²) < 4.78 is 11.6. The average Bonchev–Trinajstić information content (AvgIpc) is 2.74. The predicted octanol–water partition coefficient (Wildman–Crippen LogP) is 3.13. The molecule has 0 saturated carbocycles. The summed E-state index contributed by atoms with van der Waals surface area (Å²) in [6.45, 7) is 3.72. The standard InChI is InChI=1S/C15H21NO2S/c1-15(6-2-9-19-15)14(16)11-4-5-12-13(10-11)18-8-3-7-17-12/h4-5,10,14H,2-3,6-9,16H2,1H3. The quantitative estimate of drug-likeness (QED) is 0.903. The summed E-state index contributed by atoms with van der Waals surface area (Å²) in [5.41, 5.74) is 7.64. The van der Waals surface area contributed by atoms with Crippen LogP contribution in [0, 0.1) is 0 Å². The lowest BCUT2D eigenvalue weighted by Gasteiger charge is -2.30. The molecule has 0 bridgehead atoms. The third-order valence-electron chi connectivity index (χ3n) is 4.04. The molecule has 2 unspecified atom stereocenters. The molecule has 0 amide bonds. The highest BCUT2D eigenvalue weighted by molar-refractivity contribution is 8.00. The van der Waals surface area contributed by atoms with Crippen molar-refractivity contribution in [1.82, 2.24) is 0 Å². The van der Waals surface area contributed by atoms with Crippen LogP contribution in [0.3, 0.4) is 0 Å². The molecule has 2 heterocycles. The molecule has 0 aliphatic carbocycles. The molecule has 1 fully saturated rings. The lowest BCUT2D eigenvalue weighted by Crippen LogP contribution is -2.33. The zero-order chi connectivity index (χ0) is 13.3. The highest BCUT2D eigenvalue weighted by atomic mass is 32.2. The zero-order valence-electron chi connectivity index (χ0n) is 11.4. The van der Waals surface area contributed by atoms with Gasteiger partial charge in [-0.1, -0.05) is 6.07 Å². The van der Waals surface area contributed by atoms with E-state index in [1.807, 2.05) is 17.8 Å². The number of hydrogen-bond acceptors (Lipinski definition) is 4. The van der Waals surface area contributed by atoms with Crippen LogP contribution in [-0.4, -0.2) is 23.7 Å². The van der Waals surface area contributed by atoms with Gasteiger partial charge in [-0.3, -0.25) is 0 Å². The van der Waals surface area contributed by atoms with Crippen molar-refractivity contribution in [1.29, 1.82) is 0 Å². The van der Waals surface area contributed by atoms with Crippen molar-refractivity contribution < 1.29 is 9.47 Å². The summed E-state index contributed by atoms with van der Waals surface area (Å²) in [6.07, 6.45) is 3.39. The van der Waals surface area contributed by atoms with Gasteiger partial charge in [0.15, 0.2) is 11.5 Å². The van der Waals surface area contributed by atoms with Crippen LogP contribution in [0.4, 0.5) is 0 Å². The Morgan fingerprint density at radius 2 is 2.00 bits per heavy atom. The van der Waals surface area contributed by atoms with Gasteiger partial charge in [-0.05, 0) is 43.2 Å². The Labute approximate surface area is 118 Å². The smallest absolute Gasteiger partial charge is 0.161 e. The molecule has 2 atom stereocenters. The van der Waals surface area contributed by atoms with Crippen LogP contribution in [0.5, 0.6) is 11.5 Å². The maximum Gasteiger partial charge on any atom is 0.161 e. The van der Waals surface area contributed by atoms with E-state index in [9.17, 15) is 0 Å². The molecule has 4 heteroatoms. The first-order valence-electron chi connectivity index (χ1n) is 6.98. The van der Waals surface area contributed by atoms with Crippen LogP contribution >= 0.6 is 11.8 Å². The second-order valence-electron chi connectivity index (χ2n) is 5.50. The van der Waals surface area contributed by atoms with Crippen LogP contribution in [0.1, 0.15) is 37.8 Å². The minimum atomic E-state index is 0.0529. The molecule has 1 saturated heterocycles. The van der Waals surface area contributed by atoms with Gasteiger partial charge in [-0.15, -0.1) is 0 Å². The molecular formula is C15H21NO2S. The molecule has 1 aromatic carbocycles. The topological polar surface area (TPSA) is 44.5 Å². The molecule has 104 valence electrons. The van der Waals surface area contributed by atoms with Gasteiger partial charge in [-0.25, -0.2) is 0 Å². The Morgan fingerprint density at radius 3 is 2.74 bits per heavy atom. The third kappa shape index (κ3) is 2.56.